The van der Waals surface area contributed by atoms with Crippen molar-refractivity contribution in [3.63, 3.8) is 0 Å². The fourth-order valence-electron chi connectivity index (χ4n) is 4.73. The second-order valence-corrected chi connectivity index (χ2v) is 8.66. The van der Waals surface area contributed by atoms with Gasteiger partial charge in [-0.2, -0.15) is 0 Å². The highest BCUT2D eigenvalue weighted by molar-refractivity contribution is 5.96. The van der Waals surface area contributed by atoms with Gasteiger partial charge < -0.3 is 23.7 Å². The maximum absolute atomic E-state index is 13.0. The summed E-state index contributed by atoms with van der Waals surface area (Å²) in [4.78, 5) is 41.8. The third kappa shape index (κ3) is 3.51. The zero-order valence-corrected chi connectivity index (χ0v) is 17.9. The number of hydrogen-bond acceptors (Lipinski definition) is 6. The molecule has 1 aliphatic carbocycles. The molecule has 0 bridgehead atoms. The Labute approximate surface area is 189 Å². The summed E-state index contributed by atoms with van der Waals surface area (Å²) in [7, 11) is 0. The minimum atomic E-state index is -0.637. The summed E-state index contributed by atoms with van der Waals surface area (Å²) in [5, 5.41) is 0.706. The van der Waals surface area contributed by atoms with Crippen LogP contribution in [0.5, 0.6) is 11.5 Å². The summed E-state index contributed by atoms with van der Waals surface area (Å²) < 4.78 is 16.1. The van der Waals surface area contributed by atoms with Gasteiger partial charge in [0.2, 0.25) is 12.7 Å². The molecule has 1 saturated carbocycles. The van der Waals surface area contributed by atoms with Crippen LogP contribution < -0.4 is 15.1 Å². The molecule has 2 fully saturated rings. The smallest absolute Gasteiger partial charge is 0.349 e. The summed E-state index contributed by atoms with van der Waals surface area (Å²) in [5.74, 6) is 1.38. The van der Waals surface area contributed by atoms with Crippen molar-refractivity contribution in [2.45, 2.75) is 12.3 Å². The van der Waals surface area contributed by atoms with Crippen molar-refractivity contribution in [2.75, 3.05) is 33.0 Å². The summed E-state index contributed by atoms with van der Waals surface area (Å²) in [6.07, 6.45) is 0.815. The number of benzene rings is 2. The molecule has 0 spiro atoms. The van der Waals surface area contributed by atoms with Crippen molar-refractivity contribution < 1.29 is 23.5 Å². The van der Waals surface area contributed by atoms with E-state index in [4.69, 9.17) is 13.9 Å². The first-order chi connectivity index (χ1) is 16.1. The Balaban J connectivity index is 1.09. The monoisotopic (exact) mass is 446 g/mol. The fourth-order valence-corrected chi connectivity index (χ4v) is 4.73. The first-order valence-electron chi connectivity index (χ1n) is 11.1. The van der Waals surface area contributed by atoms with Gasteiger partial charge in [0.15, 0.2) is 11.5 Å². The number of hydrogen-bond donors (Lipinski definition) is 0. The fraction of sp³-hybridized carbons (Fsp3) is 0.320. The van der Waals surface area contributed by atoms with Gasteiger partial charge in [0.1, 0.15) is 11.1 Å². The van der Waals surface area contributed by atoms with E-state index >= 15 is 0 Å². The average molecular weight is 446 g/mol. The van der Waals surface area contributed by atoms with Gasteiger partial charge in [-0.3, -0.25) is 9.59 Å². The van der Waals surface area contributed by atoms with Crippen LogP contribution >= 0.6 is 0 Å². The SMILES string of the molecule is O=C(c1cc2ccccc2oc1=O)N1CCN(C(=O)C2CC2c2ccc3c(c2)OCO3)CC1. The van der Waals surface area contributed by atoms with Gasteiger partial charge in [-0.05, 0) is 42.2 Å². The summed E-state index contributed by atoms with van der Waals surface area (Å²) in [6, 6.07) is 14.5. The van der Waals surface area contributed by atoms with E-state index in [2.05, 4.69) is 0 Å². The van der Waals surface area contributed by atoms with E-state index in [0.29, 0.717) is 37.1 Å². The molecular weight excluding hydrogens is 424 g/mol. The number of piperazine rings is 1. The van der Waals surface area contributed by atoms with Gasteiger partial charge in [-0.15, -0.1) is 0 Å². The summed E-state index contributed by atoms with van der Waals surface area (Å²) in [5.41, 5.74) is 0.936. The molecule has 168 valence electrons. The molecule has 8 heteroatoms. The Hall–Kier alpha value is -3.81. The van der Waals surface area contributed by atoms with Crippen LogP contribution in [0.4, 0.5) is 0 Å². The lowest BCUT2D eigenvalue weighted by atomic mass is 10.1. The predicted molar refractivity (Wildman–Crippen MR) is 118 cm³/mol. The molecule has 6 rings (SSSR count). The van der Waals surface area contributed by atoms with Crippen LogP contribution in [0.3, 0.4) is 0 Å². The molecule has 1 saturated heterocycles. The molecule has 3 aromatic rings. The second kappa shape index (κ2) is 7.65. The van der Waals surface area contributed by atoms with E-state index in [9.17, 15) is 14.4 Å². The van der Waals surface area contributed by atoms with Crippen molar-refractivity contribution >= 4 is 22.8 Å². The van der Waals surface area contributed by atoms with E-state index in [-0.39, 0.29) is 36.0 Å². The first-order valence-corrected chi connectivity index (χ1v) is 11.1. The molecule has 0 radical (unpaired) electrons. The second-order valence-electron chi connectivity index (χ2n) is 8.66. The molecule has 3 aliphatic rings. The van der Waals surface area contributed by atoms with Crippen LogP contribution in [0.1, 0.15) is 28.3 Å². The predicted octanol–water partition coefficient (Wildman–Crippen LogP) is 2.61. The maximum atomic E-state index is 13.0. The van der Waals surface area contributed by atoms with Crippen molar-refractivity contribution in [3.05, 3.63) is 70.1 Å². The Morgan fingerprint density at radius 2 is 1.64 bits per heavy atom. The van der Waals surface area contributed by atoms with Crippen molar-refractivity contribution in [2.24, 2.45) is 5.92 Å². The third-order valence-electron chi connectivity index (χ3n) is 6.68. The largest absolute Gasteiger partial charge is 0.454 e. The standard InChI is InChI=1S/C25H22N2O6/c28-23(18-13-17(18)15-5-6-21-22(12-15)32-14-31-21)26-7-9-27(10-8-26)24(29)19-11-16-3-1-2-4-20(16)33-25(19)30/h1-6,11-12,17-18H,7-10,13-14H2. The molecule has 2 unspecified atom stereocenters. The van der Waals surface area contributed by atoms with E-state index < -0.39 is 5.63 Å². The third-order valence-corrected chi connectivity index (χ3v) is 6.68. The number of carbonyl (C=O) groups is 2. The van der Waals surface area contributed by atoms with Crippen LogP contribution in [-0.2, 0) is 4.79 Å². The first kappa shape index (κ1) is 19.8. The Morgan fingerprint density at radius 3 is 2.48 bits per heavy atom. The minimum Gasteiger partial charge on any atom is -0.454 e. The lowest BCUT2D eigenvalue weighted by Crippen LogP contribution is -2.51. The lowest BCUT2D eigenvalue weighted by Gasteiger charge is -2.34. The zero-order valence-electron chi connectivity index (χ0n) is 17.9. The van der Waals surface area contributed by atoms with Crippen LogP contribution in [0, 0.1) is 5.92 Å². The molecule has 33 heavy (non-hydrogen) atoms. The van der Waals surface area contributed by atoms with Gasteiger partial charge in [-0.25, -0.2) is 4.79 Å². The van der Waals surface area contributed by atoms with E-state index in [1.54, 1.807) is 29.2 Å². The van der Waals surface area contributed by atoms with Gasteiger partial charge in [0.25, 0.3) is 5.91 Å². The van der Waals surface area contributed by atoms with Crippen LogP contribution in [0.2, 0.25) is 0 Å². The highest BCUT2D eigenvalue weighted by atomic mass is 16.7. The van der Waals surface area contributed by atoms with Crippen molar-refractivity contribution in [1.82, 2.24) is 9.80 Å². The molecule has 2 atom stereocenters. The van der Waals surface area contributed by atoms with Crippen molar-refractivity contribution in [1.29, 1.82) is 0 Å². The van der Waals surface area contributed by atoms with Gasteiger partial charge in [0, 0.05) is 37.5 Å². The molecular formula is C25H22N2O6. The minimum absolute atomic E-state index is 0.0264. The normalized spacial score (nSPS) is 21.3. The number of ether oxygens (including phenoxy) is 2. The molecule has 0 N–H and O–H groups in total. The summed E-state index contributed by atoms with van der Waals surface area (Å²) >= 11 is 0. The van der Waals surface area contributed by atoms with E-state index in [1.807, 2.05) is 29.2 Å². The van der Waals surface area contributed by atoms with Crippen LogP contribution in [0.25, 0.3) is 11.0 Å². The molecule has 2 amide bonds. The lowest BCUT2D eigenvalue weighted by molar-refractivity contribution is -0.134. The highest BCUT2D eigenvalue weighted by Gasteiger charge is 2.46. The number of rotatable bonds is 3. The quantitative estimate of drug-likeness (QED) is 0.575. The Kier molecular flexibility index (Phi) is 4.60. The molecule has 8 nitrogen and oxygen atoms in total. The summed E-state index contributed by atoms with van der Waals surface area (Å²) in [6.45, 7) is 1.91. The molecule has 2 aromatic carbocycles. The highest BCUT2D eigenvalue weighted by Crippen LogP contribution is 2.50. The molecule has 2 aliphatic heterocycles. The number of nitrogens with zero attached hydrogens (tertiary/aromatic N) is 2. The number of amides is 2. The van der Waals surface area contributed by atoms with Gasteiger partial charge >= 0.3 is 5.63 Å². The topological polar surface area (TPSA) is 89.3 Å². The average Bonchev–Trinajstić information content (AvgIpc) is 3.51. The maximum Gasteiger partial charge on any atom is 0.349 e. The van der Waals surface area contributed by atoms with E-state index in [1.165, 1.54) is 0 Å². The molecule has 3 heterocycles. The van der Waals surface area contributed by atoms with Crippen LogP contribution in [-0.4, -0.2) is 54.6 Å². The molecule has 1 aromatic heterocycles. The van der Waals surface area contributed by atoms with Gasteiger partial charge in [0.05, 0.1) is 0 Å². The number of carbonyl (C=O) groups excluding carboxylic acids is 2. The van der Waals surface area contributed by atoms with Crippen molar-refractivity contribution in [3.8, 4) is 11.5 Å². The van der Waals surface area contributed by atoms with E-state index in [0.717, 1.165) is 23.5 Å². The van der Waals surface area contributed by atoms with Gasteiger partial charge in [-0.1, -0.05) is 24.3 Å². The zero-order chi connectivity index (χ0) is 22.5. The number of para-hydroxylation sites is 1. The Morgan fingerprint density at radius 1 is 0.879 bits per heavy atom. The number of fused-ring (bicyclic) bond motifs is 2. The van der Waals surface area contributed by atoms with Crippen LogP contribution in [0.15, 0.2) is 57.7 Å². The Bertz CT molecular complexity index is 1320.